The van der Waals surface area contributed by atoms with Gasteiger partial charge in [-0.15, -0.1) is 0 Å². The first kappa shape index (κ1) is 27.7. The summed E-state index contributed by atoms with van der Waals surface area (Å²) in [5.74, 6) is 0.0498. The van der Waals surface area contributed by atoms with Crippen LogP contribution in [0.3, 0.4) is 0 Å². The zero-order chi connectivity index (χ0) is 26.8. The number of carbonyl (C=O) groups excluding carboxylic acids is 1. The molecule has 0 saturated carbocycles. The summed E-state index contributed by atoms with van der Waals surface area (Å²) in [5.41, 5.74) is 16.6. The molecule has 0 aliphatic rings. The highest BCUT2D eigenvalue weighted by molar-refractivity contribution is 7.97. The monoisotopic (exact) mass is 533 g/mol. The summed E-state index contributed by atoms with van der Waals surface area (Å²) in [6.07, 6.45) is 9.23. The van der Waals surface area contributed by atoms with Crippen LogP contribution in [-0.4, -0.2) is 41.6 Å². The Morgan fingerprint density at radius 3 is 2.35 bits per heavy atom. The molecule has 0 unspecified atom stereocenters. The fourth-order valence-corrected chi connectivity index (χ4v) is 3.84. The number of ether oxygens (including phenoxy) is 1. The average Bonchev–Trinajstić information content (AvgIpc) is 2.91. The number of rotatable bonds is 7. The first-order chi connectivity index (χ1) is 17.9. The fourth-order valence-electron chi connectivity index (χ4n) is 3.57. The summed E-state index contributed by atoms with van der Waals surface area (Å²) >= 11 is 8.00. The smallest absolute Gasteiger partial charge is 0.249 e. The van der Waals surface area contributed by atoms with Crippen molar-refractivity contribution in [1.82, 2.24) is 9.97 Å². The van der Waals surface area contributed by atoms with Crippen molar-refractivity contribution in [3.8, 4) is 5.75 Å². The predicted molar refractivity (Wildman–Crippen MR) is 155 cm³/mol. The van der Waals surface area contributed by atoms with Gasteiger partial charge in [0.05, 0.1) is 21.8 Å². The van der Waals surface area contributed by atoms with Crippen molar-refractivity contribution in [2.24, 2.45) is 16.5 Å². The van der Waals surface area contributed by atoms with E-state index in [1.54, 1.807) is 61.7 Å². The van der Waals surface area contributed by atoms with E-state index in [9.17, 15) is 4.79 Å². The number of benzene rings is 2. The number of aliphatic imine (C=N–C) groups is 1. The number of pyridine rings is 2. The molecule has 190 valence electrons. The summed E-state index contributed by atoms with van der Waals surface area (Å²) in [6, 6.07) is 18.0. The van der Waals surface area contributed by atoms with Gasteiger partial charge in [-0.3, -0.25) is 14.8 Å². The molecule has 2 heterocycles. The number of amides is 1. The van der Waals surface area contributed by atoms with Crippen molar-refractivity contribution < 1.29 is 9.53 Å². The summed E-state index contributed by atoms with van der Waals surface area (Å²) in [7, 11) is 1.70. The van der Waals surface area contributed by atoms with Crippen LogP contribution >= 0.6 is 23.4 Å². The van der Waals surface area contributed by atoms with E-state index in [1.165, 1.54) is 0 Å². The van der Waals surface area contributed by atoms with Crippen molar-refractivity contribution in [3.05, 3.63) is 100 Å². The summed E-state index contributed by atoms with van der Waals surface area (Å²) < 4.78 is 5.89. The molecule has 0 atom stereocenters. The maximum atomic E-state index is 12.0. The molecule has 0 aliphatic heterocycles. The van der Waals surface area contributed by atoms with E-state index >= 15 is 0 Å². The molecule has 0 aliphatic carbocycles. The number of nitrogens with two attached hydrogens (primary N) is 2. The summed E-state index contributed by atoms with van der Waals surface area (Å²) in [4.78, 5) is 24.7. The molecule has 4 rings (SSSR count). The van der Waals surface area contributed by atoms with Crippen molar-refractivity contribution in [2.75, 3.05) is 19.6 Å². The largest absolute Gasteiger partial charge is 0.487 e. The Bertz CT molecular complexity index is 1420. The van der Waals surface area contributed by atoms with E-state index in [0.29, 0.717) is 38.6 Å². The number of halogens is 1. The third kappa shape index (κ3) is 7.09. The molecule has 2 aromatic heterocycles. The van der Waals surface area contributed by atoms with Gasteiger partial charge < -0.3 is 16.2 Å². The van der Waals surface area contributed by atoms with Crippen molar-refractivity contribution >= 4 is 57.7 Å². The maximum Gasteiger partial charge on any atom is 0.249 e. The highest BCUT2D eigenvalue weighted by Gasteiger charge is 2.14. The Balaban J connectivity index is 0.00000121. The first-order valence-electron chi connectivity index (χ1n) is 11.2. The second-order valence-electron chi connectivity index (χ2n) is 7.83. The summed E-state index contributed by atoms with van der Waals surface area (Å²) in [5, 5.41) is 0.958. The normalized spacial score (nSPS) is 11.6. The zero-order valence-corrected chi connectivity index (χ0v) is 22.4. The lowest BCUT2D eigenvalue weighted by Gasteiger charge is -2.12. The quantitative estimate of drug-likeness (QED) is 0.304. The lowest BCUT2D eigenvalue weighted by molar-refractivity contribution is 0.100. The molecule has 2 aromatic carbocycles. The predicted octanol–water partition coefficient (Wildman–Crippen LogP) is 5.47. The molecule has 0 spiro atoms. The number of hydrogen-bond acceptors (Lipinski definition) is 7. The minimum Gasteiger partial charge on any atom is -0.487 e. The van der Waals surface area contributed by atoms with E-state index in [0.717, 1.165) is 16.7 Å². The second kappa shape index (κ2) is 13.4. The van der Waals surface area contributed by atoms with E-state index in [-0.39, 0.29) is 6.61 Å². The van der Waals surface area contributed by atoms with Crippen molar-refractivity contribution in [2.45, 2.75) is 6.61 Å². The lowest BCUT2D eigenvalue weighted by Crippen LogP contribution is -2.13. The van der Waals surface area contributed by atoms with Gasteiger partial charge in [0.1, 0.15) is 12.4 Å². The highest BCUT2D eigenvalue weighted by Crippen LogP contribution is 2.27. The maximum absolute atomic E-state index is 12.0. The molecular formula is C28H28ClN5O2S. The van der Waals surface area contributed by atoms with Gasteiger partial charge in [-0.25, -0.2) is 4.98 Å². The molecule has 37 heavy (non-hydrogen) atoms. The van der Waals surface area contributed by atoms with Gasteiger partial charge in [-0.1, -0.05) is 17.7 Å². The number of nitrogens with zero attached hydrogens (tertiary/aromatic N) is 3. The van der Waals surface area contributed by atoms with Gasteiger partial charge in [-0.2, -0.15) is 11.8 Å². The molecule has 0 saturated heterocycles. The number of aromatic nitrogens is 2. The van der Waals surface area contributed by atoms with Crippen LogP contribution in [0.1, 0.15) is 27.2 Å². The van der Waals surface area contributed by atoms with Gasteiger partial charge in [0.15, 0.2) is 0 Å². The van der Waals surface area contributed by atoms with Crippen LogP contribution < -0.4 is 16.2 Å². The molecule has 1 amide bonds. The van der Waals surface area contributed by atoms with E-state index in [2.05, 4.69) is 15.0 Å². The van der Waals surface area contributed by atoms with Gasteiger partial charge >= 0.3 is 0 Å². The first-order valence-corrected chi connectivity index (χ1v) is 13.2. The summed E-state index contributed by atoms with van der Waals surface area (Å²) in [6.45, 7) is 0.151. The van der Waals surface area contributed by atoms with Crippen LogP contribution in [0.15, 0.2) is 78.0 Å². The zero-order valence-electron chi connectivity index (χ0n) is 20.8. The Morgan fingerprint density at radius 2 is 1.73 bits per heavy atom. The van der Waals surface area contributed by atoms with E-state index < -0.39 is 5.91 Å². The third-order valence-electron chi connectivity index (χ3n) is 5.19. The third-order valence-corrected chi connectivity index (χ3v) is 5.51. The molecule has 4 aromatic rings. The molecule has 9 heteroatoms. The standard InChI is InChI=1S/C26H22ClN5O2.C2H6S/c1-30-14-21(16-9-11-31-12-10-16)25(28)17-5-7-19(8-6-17)34-15-18-13-20(26(29)33)24-22(27)3-2-4-23(24)32-18;1-3-2/h2-14H,15,28H2,1H3,(H2,29,33);1-2H3/b25-21+,30-14?;. The minimum absolute atomic E-state index is 0.151. The van der Waals surface area contributed by atoms with Crippen molar-refractivity contribution in [3.63, 3.8) is 0 Å². The van der Waals surface area contributed by atoms with Gasteiger partial charge in [-0.05, 0) is 78.2 Å². The molecule has 0 fully saturated rings. The van der Waals surface area contributed by atoms with E-state index in [4.69, 9.17) is 27.8 Å². The Hall–Kier alpha value is -3.88. The number of fused-ring (bicyclic) bond motifs is 1. The van der Waals surface area contributed by atoms with Crippen LogP contribution in [0, 0.1) is 0 Å². The van der Waals surface area contributed by atoms with Crippen molar-refractivity contribution in [1.29, 1.82) is 0 Å². The Labute approximate surface area is 225 Å². The van der Waals surface area contributed by atoms with Crippen LogP contribution in [0.2, 0.25) is 5.02 Å². The SMILES string of the molecule is CN=C/C(=C(\N)c1ccc(OCc2cc(C(N)=O)c3c(Cl)cccc3n2)cc1)c1ccncc1.CSC. The van der Waals surface area contributed by atoms with Crippen LogP contribution in [-0.2, 0) is 6.61 Å². The lowest BCUT2D eigenvalue weighted by atomic mass is 10.0. The molecular weight excluding hydrogens is 506 g/mol. The second-order valence-corrected chi connectivity index (χ2v) is 9.05. The number of hydrogen-bond donors (Lipinski definition) is 2. The molecule has 4 N–H and O–H groups in total. The number of allylic oxidation sites excluding steroid dienone is 1. The Kier molecular flexibility index (Phi) is 10.1. The Morgan fingerprint density at radius 1 is 1.05 bits per heavy atom. The minimum atomic E-state index is -0.575. The van der Waals surface area contributed by atoms with Gasteiger partial charge in [0.25, 0.3) is 0 Å². The number of thioether (sulfide) groups is 1. The van der Waals surface area contributed by atoms with Crippen LogP contribution in [0.25, 0.3) is 22.2 Å². The van der Waals surface area contributed by atoms with Crippen LogP contribution in [0.5, 0.6) is 5.75 Å². The fraction of sp³-hybridized carbons (Fsp3) is 0.143. The highest BCUT2D eigenvalue weighted by atomic mass is 35.5. The van der Waals surface area contributed by atoms with Gasteiger partial charge in [0.2, 0.25) is 5.91 Å². The molecule has 7 nitrogen and oxygen atoms in total. The topological polar surface area (TPSA) is 116 Å². The molecule has 0 bridgehead atoms. The molecule has 0 radical (unpaired) electrons. The average molecular weight is 534 g/mol. The van der Waals surface area contributed by atoms with E-state index in [1.807, 2.05) is 48.9 Å². The van der Waals surface area contributed by atoms with Gasteiger partial charge in [0, 0.05) is 42.3 Å². The van der Waals surface area contributed by atoms with Crippen LogP contribution in [0.4, 0.5) is 0 Å². The number of carbonyl (C=O) groups is 1. The number of primary amides is 1.